The van der Waals surface area contributed by atoms with Gasteiger partial charge in [0.05, 0.1) is 6.20 Å². The Morgan fingerprint density at radius 2 is 2.29 bits per heavy atom. The first-order valence-corrected chi connectivity index (χ1v) is 8.29. The van der Waals surface area contributed by atoms with Gasteiger partial charge >= 0.3 is 0 Å². The van der Waals surface area contributed by atoms with E-state index in [1.165, 1.54) is 5.56 Å². The van der Waals surface area contributed by atoms with E-state index >= 15 is 0 Å². The highest BCUT2D eigenvalue weighted by Gasteiger charge is 2.23. The zero-order chi connectivity index (χ0) is 17.1. The van der Waals surface area contributed by atoms with Crippen LogP contribution in [0.1, 0.15) is 27.9 Å². The number of nitrogens with one attached hydrogen (secondary N) is 1. The Hall–Kier alpha value is -2.34. The number of rotatable bonds is 5. The highest BCUT2D eigenvalue weighted by molar-refractivity contribution is 5.94. The van der Waals surface area contributed by atoms with Gasteiger partial charge in [-0.2, -0.15) is 5.10 Å². The molecule has 6 nitrogen and oxygen atoms in total. The molecule has 128 valence electrons. The summed E-state index contributed by atoms with van der Waals surface area (Å²) in [5, 5.41) is 16.7. The predicted octanol–water partition coefficient (Wildman–Crippen LogP) is 1.69. The van der Waals surface area contributed by atoms with Crippen molar-refractivity contribution in [1.82, 2.24) is 20.0 Å². The van der Waals surface area contributed by atoms with E-state index < -0.39 is 0 Å². The van der Waals surface area contributed by atoms with Gasteiger partial charge in [0.2, 0.25) is 0 Å². The molecule has 0 bridgehead atoms. The van der Waals surface area contributed by atoms with Crippen molar-refractivity contribution >= 4 is 5.91 Å². The van der Waals surface area contributed by atoms with Crippen LogP contribution in [-0.2, 0) is 13.6 Å². The number of likely N-dealkylation sites (tertiary alicyclic amines) is 1. The van der Waals surface area contributed by atoms with Gasteiger partial charge in [0.15, 0.2) is 0 Å². The maximum Gasteiger partial charge on any atom is 0.251 e. The molecule has 0 radical (unpaired) electrons. The van der Waals surface area contributed by atoms with Crippen LogP contribution in [0, 0.1) is 12.8 Å². The van der Waals surface area contributed by atoms with E-state index in [-0.39, 0.29) is 11.7 Å². The summed E-state index contributed by atoms with van der Waals surface area (Å²) >= 11 is 0. The average Bonchev–Trinajstić information content (AvgIpc) is 3.17. The van der Waals surface area contributed by atoms with Gasteiger partial charge in [0.1, 0.15) is 5.75 Å². The Kier molecular flexibility index (Phi) is 4.85. The number of aromatic nitrogens is 2. The molecule has 1 aliphatic rings. The Balaban J connectivity index is 1.47. The van der Waals surface area contributed by atoms with Crippen LogP contribution in [0.5, 0.6) is 5.75 Å². The lowest BCUT2D eigenvalue weighted by Crippen LogP contribution is -2.31. The molecule has 0 saturated carbocycles. The summed E-state index contributed by atoms with van der Waals surface area (Å²) in [6, 6.07) is 4.94. The zero-order valence-electron chi connectivity index (χ0n) is 14.2. The minimum Gasteiger partial charge on any atom is -0.508 e. The fourth-order valence-corrected chi connectivity index (χ4v) is 3.17. The zero-order valence-corrected chi connectivity index (χ0v) is 14.2. The van der Waals surface area contributed by atoms with Crippen LogP contribution in [0.25, 0.3) is 0 Å². The Labute approximate surface area is 142 Å². The molecule has 24 heavy (non-hydrogen) atoms. The first-order valence-electron chi connectivity index (χ1n) is 8.29. The Morgan fingerprint density at radius 3 is 3.00 bits per heavy atom. The smallest absolute Gasteiger partial charge is 0.251 e. The minimum atomic E-state index is -0.0798. The monoisotopic (exact) mass is 328 g/mol. The number of nitrogens with zero attached hydrogens (tertiary/aromatic N) is 3. The van der Waals surface area contributed by atoms with E-state index in [1.54, 1.807) is 25.1 Å². The molecule has 2 N–H and O–H groups in total. The fraction of sp³-hybridized carbons (Fsp3) is 0.444. The van der Waals surface area contributed by atoms with Crippen LogP contribution in [-0.4, -0.2) is 45.3 Å². The lowest BCUT2D eigenvalue weighted by Gasteiger charge is -2.15. The van der Waals surface area contributed by atoms with Crippen LogP contribution in [0.15, 0.2) is 30.6 Å². The van der Waals surface area contributed by atoms with Crippen molar-refractivity contribution in [3.05, 3.63) is 47.3 Å². The van der Waals surface area contributed by atoms with E-state index in [9.17, 15) is 9.90 Å². The number of aromatic hydroxyl groups is 1. The van der Waals surface area contributed by atoms with Crippen molar-refractivity contribution in [2.45, 2.75) is 19.9 Å². The number of hydrogen-bond donors (Lipinski definition) is 2. The molecule has 2 heterocycles. The summed E-state index contributed by atoms with van der Waals surface area (Å²) in [5.74, 6) is 0.612. The third kappa shape index (κ3) is 3.94. The van der Waals surface area contributed by atoms with Crippen LogP contribution >= 0.6 is 0 Å². The molecule has 0 spiro atoms. The standard InChI is InChI=1S/C18H24N4O2/c1-13-7-16(3-4-17(13)23)18(24)19-8-14-5-6-22(11-14)12-15-9-20-21(2)10-15/h3-4,7,9-10,14,23H,5-6,8,11-12H2,1-2H3,(H,19,24)/t14-/m0/s1. The quantitative estimate of drug-likeness (QED) is 0.876. The van der Waals surface area contributed by atoms with Gasteiger partial charge < -0.3 is 10.4 Å². The van der Waals surface area contributed by atoms with Gasteiger partial charge in [-0.25, -0.2) is 0 Å². The Bertz CT molecular complexity index is 726. The minimum absolute atomic E-state index is 0.0798. The number of phenolic OH excluding ortho intramolecular Hbond substituents is 1. The van der Waals surface area contributed by atoms with Gasteiger partial charge in [-0.05, 0) is 49.6 Å². The van der Waals surface area contributed by atoms with Crippen LogP contribution in [0.2, 0.25) is 0 Å². The Morgan fingerprint density at radius 1 is 1.46 bits per heavy atom. The SMILES string of the molecule is Cc1cc(C(=O)NC[C@@H]2CCN(Cc3cnn(C)c3)C2)ccc1O. The average molecular weight is 328 g/mol. The summed E-state index contributed by atoms with van der Waals surface area (Å²) in [6.07, 6.45) is 5.04. The van der Waals surface area contributed by atoms with E-state index in [4.69, 9.17) is 0 Å². The molecule has 1 aromatic carbocycles. The number of hydrogen-bond acceptors (Lipinski definition) is 4. The number of amides is 1. The summed E-state index contributed by atoms with van der Waals surface area (Å²) in [5.41, 5.74) is 2.53. The van der Waals surface area contributed by atoms with Gasteiger partial charge in [0, 0.05) is 44.0 Å². The van der Waals surface area contributed by atoms with Gasteiger partial charge in [-0.1, -0.05) is 0 Å². The van der Waals surface area contributed by atoms with Crippen molar-refractivity contribution in [2.75, 3.05) is 19.6 Å². The van der Waals surface area contributed by atoms with Gasteiger partial charge in [-0.15, -0.1) is 0 Å². The second-order valence-electron chi connectivity index (χ2n) is 6.62. The number of aryl methyl sites for hydroxylation is 2. The maximum atomic E-state index is 12.2. The summed E-state index contributed by atoms with van der Waals surface area (Å²) < 4.78 is 1.82. The van der Waals surface area contributed by atoms with Gasteiger partial charge in [-0.3, -0.25) is 14.4 Å². The number of phenols is 1. The molecule has 1 aromatic heterocycles. The van der Waals surface area contributed by atoms with Crippen molar-refractivity contribution in [1.29, 1.82) is 0 Å². The lowest BCUT2D eigenvalue weighted by molar-refractivity contribution is 0.0947. The molecule has 6 heteroatoms. The van der Waals surface area contributed by atoms with Crippen LogP contribution in [0.3, 0.4) is 0 Å². The molecule has 0 aliphatic carbocycles. The highest BCUT2D eigenvalue weighted by Crippen LogP contribution is 2.19. The molecule has 1 amide bonds. The predicted molar refractivity (Wildman–Crippen MR) is 91.8 cm³/mol. The third-order valence-electron chi connectivity index (χ3n) is 4.54. The molecule has 1 atom stereocenters. The summed E-state index contributed by atoms with van der Waals surface area (Å²) in [6.45, 7) is 5.43. The van der Waals surface area contributed by atoms with Crippen molar-refractivity contribution in [3.63, 3.8) is 0 Å². The molecule has 0 unspecified atom stereocenters. The van der Waals surface area contributed by atoms with Crippen molar-refractivity contribution < 1.29 is 9.90 Å². The van der Waals surface area contributed by atoms with Gasteiger partial charge in [0.25, 0.3) is 5.91 Å². The number of carbonyl (C=O) groups excluding carboxylic acids is 1. The first kappa shape index (κ1) is 16.5. The number of carbonyl (C=O) groups is 1. The van der Waals surface area contributed by atoms with Crippen LogP contribution in [0.4, 0.5) is 0 Å². The van der Waals surface area contributed by atoms with Crippen LogP contribution < -0.4 is 5.32 Å². The van der Waals surface area contributed by atoms with E-state index in [2.05, 4.69) is 15.3 Å². The maximum absolute atomic E-state index is 12.2. The molecular weight excluding hydrogens is 304 g/mol. The first-order chi connectivity index (χ1) is 11.5. The lowest BCUT2D eigenvalue weighted by atomic mass is 10.1. The molecule has 1 aliphatic heterocycles. The van der Waals surface area contributed by atoms with E-state index in [0.29, 0.717) is 23.6 Å². The molecule has 1 saturated heterocycles. The molecule has 2 aromatic rings. The highest BCUT2D eigenvalue weighted by atomic mass is 16.3. The topological polar surface area (TPSA) is 70.4 Å². The molecule has 1 fully saturated rings. The van der Waals surface area contributed by atoms with Crippen molar-refractivity contribution in [2.24, 2.45) is 13.0 Å². The normalized spacial score (nSPS) is 18.0. The second-order valence-corrected chi connectivity index (χ2v) is 6.62. The number of benzene rings is 1. The molecular formula is C18H24N4O2. The van der Waals surface area contributed by atoms with E-state index in [0.717, 1.165) is 26.1 Å². The summed E-state index contributed by atoms with van der Waals surface area (Å²) in [4.78, 5) is 14.6. The van der Waals surface area contributed by atoms with Crippen molar-refractivity contribution in [3.8, 4) is 5.75 Å². The summed E-state index contributed by atoms with van der Waals surface area (Å²) in [7, 11) is 1.93. The van der Waals surface area contributed by atoms with E-state index in [1.807, 2.05) is 24.1 Å². The third-order valence-corrected chi connectivity index (χ3v) is 4.54. The molecule has 3 rings (SSSR count). The second kappa shape index (κ2) is 7.05. The largest absolute Gasteiger partial charge is 0.508 e. The fourth-order valence-electron chi connectivity index (χ4n) is 3.17.